The molecule has 1 N–H and O–H groups in total. The Kier molecular flexibility index (Phi) is 6.77. The molecule has 0 bridgehead atoms. The summed E-state index contributed by atoms with van der Waals surface area (Å²) in [6, 6.07) is 10.6. The summed E-state index contributed by atoms with van der Waals surface area (Å²) in [5.74, 6) is 0.909. The molecule has 1 heterocycles. The van der Waals surface area contributed by atoms with Crippen molar-refractivity contribution >= 4 is 33.2 Å². The lowest BCUT2D eigenvalue weighted by molar-refractivity contribution is -0.122. The van der Waals surface area contributed by atoms with E-state index >= 15 is 0 Å². The van der Waals surface area contributed by atoms with Crippen LogP contribution < -0.4 is 19.1 Å². The summed E-state index contributed by atoms with van der Waals surface area (Å²) in [6.45, 7) is 4.58. The smallest absolute Gasteiger partial charge is 0.244 e. The zero-order valence-electron chi connectivity index (χ0n) is 17.1. The van der Waals surface area contributed by atoms with E-state index in [0.717, 1.165) is 16.1 Å². The Morgan fingerprint density at radius 1 is 1.13 bits per heavy atom. The molecule has 2 unspecified atom stereocenters. The minimum Gasteiger partial charge on any atom is -0.486 e. The van der Waals surface area contributed by atoms with Gasteiger partial charge in [-0.2, -0.15) is 0 Å². The first-order valence-electron chi connectivity index (χ1n) is 9.65. The first kappa shape index (κ1) is 22.2. The van der Waals surface area contributed by atoms with Crippen LogP contribution in [-0.4, -0.2) is 39.8 Å². The van der Waals surface area contributed by atoms with Crippen molar-refractivity contribution in [2.24, 2.45) is 0 Å². The highest BCUT2D eigenvalue weighted by atomic mass is 35.5. The number of hydrogen-bond acceptors (Lipinski definition) is 5. The number of nitrogens with one attached hydrogen (secondary N) is 1. The second-order valence-electron chi connectivity index (χ2n) is 7.09. The average molecular weight is 453 g/mol. The van der Waals surface area contributed by atoms with Crippen LogP contribution in [0, 0.1) is 0 Å². The number of carbonyl (C=O) groups excluding carboxylic acids is 1. The number of rotatable bonds is 7. The van der Waals surface area contributed by atoms with Crippen molar-refractivity contribution in [3.8, 4) is 11.5 Å². The summed E-state index contributed by atoms with van der Waals surface area (Å²) in [4.78, 5) is 13.1. The van der Waals surface area contributed by atoms with E-state index in [1.807, 2.05) is 19.1 Å². The highest BCUT2D eigenvalue weighted by Gasteiger charge is 2.32. The Hall–Kier alpha value is -2.45. The molecule has 162 valence electrons. The minimum absolute atomic E-state index is 0.301. The van der Waals surface area contributed by atoms with Crippen molar-refractivity contribution in [2.45, 2.75) is 32.4 Å². The van der Waals surface area contributed by atoms with Crippen LogP contribution in [0.1, 0.15) is 31.9 Å². The van der Waals surface area contributed by atoms with E-state index in [-0.39, 0.29) is 11.9 Å². The second-order valence-corrected chi connectivity index (χ2v) is 9.39. The van der Waals surface area contributed by atoms with E-state index in [1.54, 1.807) is 37.3 Å². The molecule has 7 nitrogen and oxygen atoms in total. The SMILES string of the molecule is CCC(C(=O)NC(C)c1ccc2c(c1)OCCO2)N(c1ccc(Cl)cc1)S(C)(=O)=O. The van der Waals surface area contributed by atoms with Gasteiger partial charge in [0.1, 0.15) is 19.3 Å². The van der Waals surface area contributed by atoms with E-state index in [2.05, 4.69) is 5.32 Å². The predicted octanol–water partition coefficient (Wildman–Crippen LogP) is 3.53. The van der Waals surface area contributed by atoms with E-state index in [0.29, 0.717) is 41.8 Å². The third-order valence-corrected chi connectivity index (χ3v) is 6.27. The highest BCUT2D eigenvalue weighted by molar-refractivity contribution is 7.92. The maximum absolute atomic E-state index is 13.1. The first-order chi connectivity index (χ1) is 14.2. The third-order valence-electron chi connectivity index (χ3n) is 4.84. The van der Waals surface area contributed by atoms with E-state index in [9.17, 15) is 13.2 Å². The van der Waals surface area contributed by atoms with Gasteiger partial charge in [0.05, 0.1) is 18.0 Å². The lowest BCUT2D eigenvalue weighted by atomic mass is 10.1. The topological polar surface area (TPSA) is 84.9 Å². The molecule has 0 fully saturated rings. The number of nitrogens with zero attached hydrogens (tertiary/aromatic N) is 1. The second kappa shape index (κ2) is 9.14. The Labute approximate surface area is 182 Å². The molecule has 30 heavy (non-hydrogen) atoms. The minimum atomic E-state index is -3.71. The Balaban J connectivity index is 1.82. The fourth-order valence-corrected chi connectivity index (χ4v) is 4.71. The van der Waals surface area contributed by atoms with Gasteiger partial charge in [0.2, 0.25) is 15.9 Å². The van der Waals surface area contributed by atoms with Gasteiger partial charge in [-0.3, -0.25) is 9.10 Å². The monoisotopic (exact) mass is 452 g/mol. The van der Waals surface area contributed by atoms with Crippen molar-refractivity contribution in [2.75, 3.05) is 23.8 Å². The summed E-state index contributed by atoms with van der Waals surface area (Å²) < 4.78 is 37.3. The molecule has 0 aliphatic carbocycles. The molecule has 0 saturated carbocycles. The molecule has 9 heteroatoms. The van der Waals surface area contributed by atoms with Gasteiger partial charge in [-0.1, -0.05) is 24.6 Å². The van der Waals surface area contributed by atoms with Crippen molar-refractivity contribution in [1.82, 2.24) is 5.32 Å². The number of benzene rings is 2. The van der Waals surface area contributed by atoms with Crippen molar-refractivity contribution in [3.63, 3.8) is 0 Å². The molecule has 1 amide bonds. The molecular weight excluding hydrogens is 428 g/mol. The van der Waals surface area contributed by atoms with Gasteiger partial charge in [-0.25, -0.2) is 8.42 Å². The number of anilines is 1. The van der Waals surface area contributed by atoms with Crippen LogP contribution >= 0.6 is 11.6 Å². The van der Waals surface area contributed by atoms with Crippen molar-refractivity contribution in [1.29, 1.82) is 0 Å². The van der Waals surface area contributed by atoms with Gasteiger partial charge in [0.25, 0.3) is 0 Å². The van der Waals surface area contributed by atoms with Gasteiger partial charge in [-0.15, -0.1) is 0 Å². The van der Waals surface area contributed by atoms with Crippen LogP contribution in [-0.2, 0) is 14.8 Å². The first-order valence-corrected chi connectivity index (χ1v) is 11.9. The summed E-state index contributed by atoms with van der Waals surface area (Å²) in [5.41, 5.74) is 1.22. The number of fused-ring (bicyclic) bond motifs is 1. The number of sulfonamides is 1. The van der Waals surface area contributed by atoms with Crippen molar-refractivity contribution in [3.05, 3.63) is 53.1 Å². The average Bonchev–Trinajstić information content (AvgIpc) is 2.71. The molecule has 2 aromatic carbocycles. The third kappa shape index (κ3) is 4.99. The molecule has 0 aromatic heterocycles. The molecule has 1 aliphatic heterocycles. The molecule has 0 saturated heterocycles. The van der Waals surface area contributed by atoms with Crippen LogP contribution in [0.5, 0.6) is 11.5 Å². The molecule has 0 radical (unpaired) electrons. The van der Waals surface area contributed by atoms with Gasteiger partial charge in [-0.05, 0) is 55.3 Å². The summed E-state index contributed by atoms with van der Waals surface area (Å²) in [7, 11) is -3.71. The number of halogens is 1. The molecule has 2 aromatic rings. The quantitative estimate of drug-likeness (QED) is 0.694. The highest BCUT2D eigenvalue weighted by Crippen LogP contribution is 2.33. The lowest BCUT2D eigenvalue weighted by Gasteiger charge is -2.31. The number of hydrogen-bond donors (Lipinski definition) is 1. The van der Waals surface area contributed by atoms with E-state index in [1.165, 1.54) is 0 Å². The van der Waals surface area contributed by atoms with Crippen LogP contribution in [0.15, 0.2) is 42.5 Å². The fourth-order valence-electron chi connectivity index (χ4n) is 3.37. The number of ether oxygens (including phenoxy) is 2. The van der Waals surface area contributed by atoms with E-state index in [4.69, 9.17) is 21.1 Å². The zero-order valence-corrected chi connectivity index (χ0v) is 18.7. The molecule has 2 atom stereocenters. The van der Waals surface area contributed by atoms with Gasteiger partial charge >= 0.3 is 0 Å². The normalized spacial score (nSPS) is 15.2. The van der Waals surface area contributed by atoms with Gasteiger partial charge in [0, 0.05) is 5.02 Å². The predicted molar refractivity (Wildman–Crippen MR) is 117 cm³/mol. The van der Waals surface area contributed by atoms with Crippen LogP contribution in [0.25, 0.3) is 0 Å². The molecule has 3 rings (SSSR count). The Morgan fingerprint density at radius 2 is 1.77 bits per heavy atom. The van der Waals surface area contributed by atoms with Gasteiger partial charge < -0.3 is 14.8 Å². The van der Waals surface area contributed by atoms with Crippen LogP contribution in [0.4, 0.5) is 5.69 Å². The lowest BCUT2D eigenvalue weighted by Crippen LogP contribution is -2.49. The summed E-state index contributed by atoms with van der Waals surface area (Å²) >= 11 is 5.93. The maximum atomic E-state index is 13.1. The van der Waals surface area contributed by atoms with Crippen molar-refractivity contribution < 1.29 is 22.7 Å². The zero-order chi connectivity index (χ0) is 21.9. The standard InChI is InChI=1S/C21H25ClN2O5S/c1-4-18(24(30(3,26)27)17-8-6-16(22)7-9-17)21(25)23-14(2)15-5-10-19-20(13-15)29-12-11-28-19/h5-10,13-14,18H,4,11-12H2,1-3H3,(H,23,25). The molecule has 1 aliphatic rings. The number of carbonyl (C=O) groups is 1. The number of amides is 1. The van der Waals surface area contributed by atoms with Gasteiger partial charge in [0.15, 0.2) is 11.5 Å². The Morgan fingerprint density at radius 3 is 2.37 bits per heavy atom. The van der Waals surface area contributed by atoms with E-state index < -0.39 is 16.1 Å². The molecular formula is C21H25ClN2O5S. The largest absolute Gasteiger partial charge is 0.486 e. The maximum Gasteiger partial charge on any atom is 0.244 e. The molecule has 0 spiro atoms. The van der Waals surface area contributed by atoms with Crippen LogP contribution in [0.3, 0.4) is 0 Å². The fraction of sp³-hybridized carbons (Fsp3) is 0.381. The Bertz CT molecular complexity index is 1010. The summed E-state index contributed by atoms with van der Waals surface area (Å²) in [6.07, 6.45) is 1.39. The summed E-state index contributed by atoms with van der Waals surface area (Å²) in [5, 5.41) is 3.40. The van der Waals surface area contributed by atoms with Crippen LogP contribution in [0.2, 0.25) is 5.02 Å².